The summed E-state index contributed by atoms with van der Waals surface area (Å²) in [6.45, 7) is 0. The Kier molecular flexibility index (Phi) is 5.93. The molecule has 0 radical (unpaired) electrons. The highest BCUT2D eigenvalue weighted by atomic mass is 35.5. The number of nitrogens with one attached hydrogen (secondary N) is 2. The highest BCUT2D eigenvalue weighted by Crippen LogP contribution is 2.17. The number of hydrogen-bond donors (Lipinski definition) is 2. The zero-order valence-electron chi connectivity index (χ0n) is 11.6. The van der Waals surface area contributed by atoms with Crippen molar-refractivity contribution < 1.29 is 4.79 Å². The molecular formula is C16H21ClN2O. The third-order valence-electron chi connectivity index (χ3n) is 3.53. The van der Waals surface area contributed by atoms with Crippen molar-refractivity contribution in [2.75, 3.05) is 0 Å². The number of benzene rings is 1. The van der Waals surface area contributed by atoms with E-state index in [9.17, 15) is 4.79 Å². The van der Waals surface area contributed by atoms with Gasteiger partial charge in [0.05, 0.1) is 0 Å². The van der Waals surface area contributed by atoms with Gasteiger partial charge in [-0.05, 0) is 36.6 Å². The molecule has 0 unspecified atom stereocenters. The molecule has 20 heavy (non-hydrogen) atoms. The second-order valence-electron chi connectivity index (χ2n) is 5.19. The molecule has 0 aliphatic heterocycles. The van der Waals surface area contributed by atoms with Crippen LogP contribution in [0.25, 0.3) is 6.08 Å². The molecule has 0 bridgehead atoms. The van der Waals surface area contributed by atoms with Crippen LogP contribution in [0.5, 0.6) is 0 Å². The first-order chi connectivity index (χ1) is 9.74. The van der Waals surface area contributed by atoms with E-state index in [1.807, 2.05) is 30.3 Å². The molecule has 0 aromatic heterocycles. The van der Waals surface area contributed by atoms with Gasteiger partial charge in [0.25, 0.3) is 0 Å². The molecule has 4 heteroatoms. The van der Waals surface area contributed by atoms with Gasteiger partial charge in [0.2, 0.25) is 0 Å². The minimum atomic E-state index is -0.129. The van der Waals surface area contributed by atoms with Gasteiger partial charge in [0.1, 0.15) is 0 Å². The van der Waals surface area contributed by atoms with Crippen molar-refractivity contribution in [3.8, 4) is 0 Å². The molecule has 2 amide bonds. The van der Waals surface area contributed by atoms with Crippen molar-refractivity contribution >= 4 is 23.7 Å². The van der Waals surface area contributed by atoms with E-state index in [1.165, 1.54) is 25.7 Å². The van der Waals surface area contributed by atoms with Gasteiger partial charge < -0.3 is 10.6 Å². The van der Waals surface area contributed by atoms with Gasteiger partial charge in [-0.25, -0.2) is 4.79 Å². The van der Waals surface area contributed by atoms with E-state index in [1.54, 1.807) is 6.20 Å². The van der Waals surface area contributed by atoms with E-state index in [0.717, 1.165) is 18.4 Å². The van der Waals surface area contributed by atoms with E-state index in [-0.39, 0.29) is 6.03 Å². The van der Waals surface area contributed by atoms with Crippen molar-refractivity contribution in [2.45, 2.75) is 44.6 Å². The van der Waals surface area contributed by atoms with Crippen LogP contribution < -0.4 is 10.6 Å². The van der Waals surface area contributed by atoms with Crippen LogP contribution in [0.3, 0.4) is 0 Å². The average Bonchev–Trinajstić information content (AvgIpc) is 2.67. The molecule has 1 aliphatic rings. The monoisotopic (exact) mass is 292 g/mol. The molecule has 1 aromatic rings. The predicted molar refractivity (Wildman–Crippen MR) is 83.6 cm³/mol. The molecule has 2 N–H and O–H groups in total. The Labute approximate surface area is 125 Å². The van der Waals surface area contributed by atoms with Crippen LogP contribution in [-0.4, -0.2) is 12.1 Å². The van der Waals surface area contributed by atoms with Gasteiger partial charge in [-0.15, -0.1) is 0 Å². The van der Waals surface area contributed by atoms with E-state index >= 15 is 0 Å². The molecule has 0 saturated heterocycles. The van der Waals surface area contributed by atoms with E-state index in [4.69, 9.17) is 11.6 Å². The zero-order valence-corrected chi connectivity index (χ0v) is 12.3. The number of urea groups is 1. The molecule has 3 nitrogen and oxygen atoms in total. The predicted octanol–water partition coefficient (Wildman–Crippen LogP) is 4.33. The van der Waals surface area contributed by atoms with E-state index in [0.29, 0.717) is 11.1 Å². The van der Waals surface area contributed by atoms with Crippen molar-refractivity contribution in [3.63, 3.8) is 0 Å². The molecular weight excluding hydrogens is 272 g/mol. The van der Waals surface area contributed by atoms with Gasteiger partial charge >= 0.3 is 6.03 Å². The van der Waals surface area contributed by atoms with Crippen LogP contribution in [0.15, 0.2) is 30.5 Å². The van der Waals surface area contributed by atoms with Gasteiger partial charge in [0, 0.05) is 17.3 Å². The quantitative estimate of drug-likeness (QED) is 0.800. The molecule has 0 spiro atoms. The number of rotatable bonds is 3. The lowest BCUT2D eigenvalue weighted by Crippen LogP contribution is -2.39. The van der Waals surface area contributed by atoms with Crippen LogP contribution in [0, 0.1) is 0 Å². The maximum absolute atomic E-state index is 11.8. The van der Waals surface area contributed by atoms with Crippen molar-refractivity contribution in [2.24, 2.45) is 0 Å². The van der Waals surface area contributed by atoms with Crippen LogP contribution >= 0.6 is 11.6 Å². The third-order valence-corrected chi connectivity index (χ3v) is 3.76. The number of carbonyl (C=O) groups excluding carboxylic acids is 1. The Morgan fingerprint density at radius 2 is 1.95 bits per heavy atom. The average molecular weight is 293 g/mol. The number of halogens is 1. The van der Waals surface area contributed by atoms with Crippen molar-refractivity contribution in [1.29, 1.82) is 0 Å². The lowest BCUT2D eigenvalue weighted by molar-refractivity contribution is 0.239. The topological polar surface area (TPSA) is 41.1 Å². The maximum atomic E-state index is 11.8. The van der Waals surface area contributed by atoms with Crippen molar-refractivity contribution in [3.05, 3.63) is 41.1 Å². The summed E-state index contributed by atoms with van der Waals surface area (Å²) in [7, 11) is 0. The Hall–Kier alpha value is -1.48. The summed E-state index contributed by atoms with van der Waals surface area (Å²) >= 11 is 5.90. The minimum absolute atomic E-state index is 0.129. The smallest absolute Gasteiger partial charge is 0.318 e. The highest BCUT2D eigenvalue weighted by Gasteiger charge is 2.13. The van der Waals surface area contributed by atoms with E-state index in [2.05, 4.69) is 10.6 Å². The highest BCUT2D eigenvalue weighted by molar-refractivity contribution is 6.30. The maximum Gasteiger partial charge on any atom is 0.318 e. The normalized spacial score (nSPS) is 16.9. The summed E-state index contributed by atoms with van der Waals surface area (Å²) in [4.78, 5) is 11.8. The van der Waals surface area contributed by atoms with Crippen LogP contribution in [0.2, 0.25) is 5.02 Å². The molecule has 1 fully saturated rings. The number of hydrogen-bond acceptors (Lipinski definition) is 1. The van der Waals surface area contributed by atoms with Gasteiger partial charge in [-0.2, -0.15) is 0 Å². The first-order valence-corrected chi connectivity index (χ1v) is 7.61. The molecule has 0 heterocycles. The van der Waals surface area contributed by atoms with Crippen molar-refractivity contribution in [1.82, 2.24) is 10.6 Å². The van der Waals surface area contributed by atoms with Gasteiger partial charge in [0.15, 0.2) is 0 Å². The largest absolute Gasteiger partial charge is 0.335 e. The number of carbonyl (C=O) groups is 1. The Bertz CT molecular complexity index is 465. The first kappa shape index (κ1) is 14.9. The van der Waals surface area contributed by atoms with Crippen LogP contribution in [0.1, 0.15) is 44.1 Å². The Balaban J connectivity index is 1.76. The second-order valence-corrected chi connectivity index (χ2v) is 5.63. The standard InChI is InChI=1S/C16H21ClN2O/c17-14-7-5-6-13(12-14)10-11-18-16(20)19-15-8-3-1-2-4-9-15/h5-7,10-12,15H,1-4,8-9H2,(H2,18,19,20)/b11-10+. The summed E-state index contributed by atoms with van der Waals surface area (Å²) in [6.07, 6.45) is 10.7. The molecule has 1 aliphatic carbocycles. The Morgan fingerprint density at radius 3 is 2.65 bits per heavy atom. The Morgan fingerprint density at radius 1 is 1.20 bits per heavy atom. The molecule has 108 valence electrons. The summed E-state index contributed by atoms with van der Waals surface area (Å²) in [6, 6.07) is 7.68. The summed E-state index contributed by atoms with van der Waals surface area (Å²) in [5.41, 5.74) is 0.965. The fourth-order valence-electron chi connectivity index (χ4n) is 2.47. The minimum Gasteiger partial charge on any atom is -0.335 e. The van der Waals surface area contributed by atoms with Gasteiger partial charge in [-0.3, -0.25) is 0 Å². The summed E-state index contributed by atoms with van der Waals surface area (Å²) < 4.78 is 0. The van der Waals surface area contributed by atoms with Crippen LogP contribution in [0.4, 0.5) is 4.79 Å². The molecule has 1 saturated carbocycles. The zero-order chi connectivity index (χ0) is 14.2. The summed E-state index contributed by atoms with van der Waals surface area (Å²) in [5.74, 6) is 0. The lowest BCUT2D eigenvalue weighted by atomic mass is 10.1. The second kappa shape index (κ2) is 7.95. The SMILES string of the molecule is O=C(N/C=C/c1cccc(Cl)c1)NC1CCCCCC1. The number of amides is 2. The van der Waals surface area contributed by atoms with E-state index < -0.39 is 0 Å². The van der Waals surface area contributed by atoms with Crippen LogP contribution in [-0.2, 0) is 0 Å². The third kappa shape index (κ3) is 5.25. The fourth-order valence-corrected chi connectivity index (χ4v) is 2.67. The first-order valence-electron chi connectivity index (χ1n) is 7.23. The molecule has 1 aromatic carbocycles. The fraction of sp³-hybridized carbons (Fsp3) is 0.438. The lowest BCUT2D eigenvalue weighted by Gasteiger charge is -2.15. The molecule has 2 rings (SSSR count). The molecule has 0 atom stereocenters. The summed E-state index contributed by atoms with van der Waals surface area (Å²) in [5, 5.41) is 6.46. The van der Waals surface area contributed by atoms with Gasteiger partial charge in [-0.1, -0.05) is 49.4 Å².